The van der Waals surface area contributed by atoms with Gasteiger partial charge in [0.1, 0.15) is 11.6 Å². The van der Waals surface area contributed by atoms with Gasteiger partial charge in [0, 0.05) is 24.9 Å². The highest BCUT2D eigenvalue weighted by Crippen LogP contribution is 2.36. The lowest BCUT2D eigenvalue weighted by Gasteiger charge is -2.30. The minimum atomic E-state index is -0.324. The maximum Gasteiger partial charge on any atom is 0.227 e. The van der Waals surface area contributed by atoms with Crippen molar-refractivity contribution in [2.45, 2.75) is 25.7 Å². The number of nitrogens with zero attached hydrogens (tertiary/aromatic N) is 3. The molecule has 1 aromatic heterocycles. The molecule has 1 aliphatic heterocycles. The molecule has 1 amide bonds. The molecule has 7 heteroatoms. The van der Waals surface area contributed by atoms with Crippen molar-refractivity contribution in [2.75, 3.05) is 18.6 Å². The van der Waals surface area contributed by atoms with Gasteiger partial charge in [-0.25, -0.2) is 4.39 Å². The molecule has 2 heterocycles. The van der Waals surface area contributed by atoms with Gasteiger partial charge in [-0.2, -0.15) is 4.98 Å². The van der Waals surface area contributed by atoms with Crippen LogP contribution in [0, 0.1) is 5.82 Å². The maximum atomic E-state index is 13.0. The van der Waals surface area contributed by atoms with E-state index in [4.69, 9.17) is 9.26 Å². The first kappa shape index (κ1) is 18.2. The SMILES string of the molecule is COc1cccc2c1N(C(=O)CCc1nc(-c3ccc(F)cc3)no1)CCC2. The predicted octanol–water partition coefficient (Wildman–Crippen LogP) is 3.80. The highest BCUT2D eigenvalue weighted by Gasteiger charge is 2.26. The van der Waals surface area contributed by atoms with Crippen molar-refractivity contribution in [3.8, 4) is 17.1 Å². The summed E-state index contributed by atoms with van der Waals surface area (Å²) in [5, 5.41) is 3.92. The summed E-state index contributed by atoms with van der Waals surface area (Å²) in [7, 11) is 1.61. The monoisotopic (exact) mass is 381 g/mol. The third-order valence-electron chi connectivity index (χ3n) is 4.82. The van der Waals surface area contributed by atoms with Gasteiger partial charge in [-0.1, -0.05) is 17.3 Å². The Morgan fingerprint density at radius 1 is 1.25 bits per heavy atom. The average molecular weight is 381 g/mol. The largest absolute Gasteiger partial charge is 0.495 e. The van der Waals surface area contributed by atoms with Crippen LogP contribution in [0.4, 0.5) is 10.1 Å². The number of carbonyl (C=O) groups is 1. The van der Waals surface area contributed by atoms with Crippen LogP contribution in [-0.2, 0) is 17.6 Å². The molecule has 144 valence electrons. The second-order valence-electron chi connectivity index (χ2n) is 6.64. The van der Waals surface area contributed by atoms with Crippen LogP contribution in [0.25, 0.3) is 11.4 Å². The number of para-hydroxylation sites is 1. The molecule has 1 aliphatic rings. The fourth-order valence-corrected chi connectivity index (χ4v) is 3.45. The molecular weight excluding hydrogens is 361 g/mol. The van der Waals surface area contributed by atoms with Crippen LogP contribution in [0.15, 0.2) is 47.0 Å². The Balaban J connectivity index is 1.46. The van der Waals surface area contributed by atoms with Crippen molar-refractivity contribution in [3.05, 3.63) is 59.7 Å². The summed E-state index contributed by atoms with van der Waals surface area (Å²) in [4.78, 5) is 19.0. The van der Waals surface area contributed by atoms with Gasteiger partial charge in [-0.15, -0.1) is 0 Å². The van der Waals surface area contributed by atoms with E-state index in [1.165, 1.54) is 12.1 Å². The number of halogens is 1. The number of fused-ring (bicyclic) bond motifs is 1. The fraction of sp³-hybridized carbons (Fsp3) is 0.286. The Kier molecular flexibility index (Phi) is 5.06. The summed E-state index contributed by atoms with van der Waals surface area (Å²) in [6.45, 7) is 0.664. The number of methoxy groups -OCH3 is 1. The average Bonchev–Trinajstić information content (AvgIpc) is 3.20. The Morgan fingerprint density at radius 3 is 2.86 bits per heavy atom. The number of hydrogen-bond donors (Lipinski definition) is 0. The van der Waals surface area contributed by atoms with E-state index in [0.717, 1.165) is 24.1 Å². The Labute approximate surface area is 161 Å². The van der Waals surface area contributed by atoms with E-state index < -0.39 is 0 Å². The van der Waals surface area contributed by atoms with Gasteiger partial charge in [0.2, 0.25) is 17.6 Å². The third kappa shape index (κ3) is 3.60. The lowest BCUT2D eigenvalue weighted by molar-refractivity contribution is -0.118. The van der Waals surface area contributed by atoms with Crippen LogP contribution < -0.4 is 9.64 Å². The molecule has 28 heavy (non-hydrogen) atoms. The fourth-order valence-electron chi connectivity index (χ4n) is 3.45. The minimum Gasteiger partial charge on any atom is -0.495 e. The van der Waals surface area contributed by atoms with Crippen molar-refractivity contribution < 1.29 is 18.4 Å². The third-order valence-corrected chi connectivity index (χ3v) is 4.82. The van der Waals surface area contributed by atoms with Gasteiger partial charge < -0.3 is 14.2 Å². The van der Waals surface area contributed by atoms with Crippen LogP contribution in [-0.4, -0.2) is 29.7 Å². The standard InChI is InChI=1S/C21H20FN3O3/c1-27-17-6-2-4-14-5-3-13-25(20(14)17)19(26)12-11-18-23-21(24-28-18)15-7-9-16(22)10-8-15/h2,4,6-10H,3,5,11-13H2,1H3. The van der Waals surface area contributed by atoms with E-state index in [1.54, 1.807) is 24.1 Å². The van der Waals surface area contributed by atoms with Crippen molar-refractivity contribution in [1.29, 1.82) is 0 Å². The van der Waals surface area contributed by atoms with E-state index >= 15 is 0 Å². The molecule has 0 bridgehead atoms. The Bertz CT molecular complexity index is 971. The van der Waals surface area contributed by atoms with E-state index in [2.05, 4.69) is 10.1 Å². The summed E-state index contributed by atoms with van der Waals surface area (Å²) >= 11 is 0. The summed E-state index contributed by atoms with van der Waals surface area (Å²) in [5.74, 6) is 1.14. The topological polar surface area (TPSA) is 68.5 Å². The molecule has 0 atom stereocenters. The van der Waals surface area contributed by atoms with E-state index in [0.29, 0.717) is 36.0 Å². The molecule has 3 aromatic rings. The van der Waals surface area contributed by atoms with Gasteiger partial charge >= 0.3 is 0 Å². The lowest BCUT2D eigenvalue weighted by atomic mass is 10.0. The number of amides is 1. The zero-order valence-corrected chi connectivity index (χ0v) is 15.5. The van der Waals surface area contributed by atoms with Crippen molar-refractivity contribution >= 4 is 11.6 Å². The van der Waals surface area contributed by atoms with Crippen LogP contribution >= 0.6 is 0 Å². The first-order chi connectivity index (χ1) is 13.7. The number of carbonyl (C=O) groups excluding carboxylic acids is 1. The molecule has 6 nitrogen and oxygen atoms in total. The van der Waals surface area contributed by atoms with Crippen LogP contribution in [0.1, 0.15) is 24.3 Å². The second-order valence-corrected chi connectivity index (χ2v) is 6.64. The number of hydrogen-bond acceptors (Lipinski definition) is 5. The number of aryl methyl sites for hydroxylation is 2. The number of anilines is 1. The predicted molar refractivity (Wildman–Crippen MR) is 102 cm³/mol. The van der Waals surface area contributed by atoms with Crippen LogP contribution in [0.3, 0.4) is 0 Å². The van der Waals surface area contributed by atoms with Gasteiger partial charge in [0.15, 0.2) is 0 Å². The van der Waals surface area contributed by atoms with E-state index in [-0.39, 0.29) is 18.1 Å². The van der Waals surface area contributed by atoms with Crippen molar-refractivity contribution in [3.63, 3.8) is 0 Å². The molecular formula is C21H20FN3O3. The van der Waals surface area contributed by atoms with Crippen LogP contribution in [0.2, 0.25) is 0 Å². The summed E-state index contributed by atoms with van der Waals surface area (Å²) in [6.07, 6.45) is 2.44. The lowest BCUT2D eigenvalue weighted by Crippen LogP contribution is -2.36. The van der Waals surface area contributed by atoms with Gasteiger partial charge in [-0.3, -0.25) is 4.79 Å². The minimum absolute atomic E-state index is 0.00742. The first-order valence-corrected chi connectivity index (χ1v) is 9.20. The van der Waals surface area contributed by atoms with Gasteiger partial charge in [0.25, 0.3) is 0 Å². The molecule has 0 radical (unpaired) electrons. The number of ether oxygens (including phenoxy) is 1. The number of benzene rings is 2. The normalized spacial score (nSPS) is 13.3. The summed E-state index contributed by atoms with van der Waals surface area (Å²) in [5.41, 5.74) is 2.64. The molecule has 0 saturated carbocycles. The molecule has 0 aliphatic carbocycles. The number of aromatic nitrogens is 2. The molecule has 0 spiro atoms. The van der Waals surface area contributed by atoms with Crippen molar-refractivity contribution in [2.24, 2.45) is 0 Å². The summed E-state index contributed by atoms with van der Waals surface area (Å²) < 4.78 is 23.7. The zero-order valence-electron chi connectivity index (χ0n) is 15.5. The van der Waals surface area contributed by atoms with E-state index in [9.17, 15) is 9.18 Å². The highest BCUT2D eigenvalue weighted by molar-refractivity contribution is 5.96. The zero-order chi connectivity index (χ0) is 19.5. The first-order valence-electron chi connectivity index (χ1n) is 9.20. The molecule has 0 unspecified atom stereocenters. The summed E-state index contributed by atoms with van der Waals surface area (Å²) in [6, 6.07) is 11.7. The maximum absolute atomic E-state index is 13.0. The van der Waals surface area contributed by atoms with Gasteiger partial charge in [0.05, 0.1) is 12.8 Å². The van der Waals surface area contributed by atoms with E-state index in [1.807, 2.05) is 18.2 Å². The molecule has 2 aromatic carbocycles. The number of rotatable bonds is 5. The van der Waals surface area contributed by atoms with Crippen LogP contribution in [0.5, 0.6) is 5.75 Å². The Morgan fingerprint density at radius 2 is 2.07 bits per heavy atom. The molecule has 4 rings (SSSR count). The van der Waals surface area contributed by atoms with Gasteiger partial charge in [-0.05, 0) is 48.7 Å². The molecule has 0 saturated heterocycles. The Hall–Kier alpha value is -3.22. The quantitative estimate of drug-likeness (QED) is 0.672. The smallest absolute Gasteiger partial charge is 0.227 e. The molecule has 0 fully saturated rings. The molecule has 0 N–H and O–H groups in total. The van der Waals surface area contributed by atoms with Crippen molar-refractivity contribution in [1.82, 2.24) is 10.1 Å². The second kappa shape index (κ2) is 7.80. The highest BCUT2D eigenvalue weighted by atomic mass is 19.1.